The molecule has 0 N–H and O–H groups in total. The Morgan fingerprint density at radius 2 is 0.804 bits per heavy atom. The van der Waals surface area contributed by atoms with Gasteiger partial charge in [0.25, 0.3) is 0 Å². The summed E-state index contributed by atoms with van der Waals surface area (Å²) in [6.07, 6.45) is 0. The number of aromatic nitrogens is 2. The first-order valence-electron chi connectivity index (χ1n) is 15.4. The van der Waals surface area contributed by atoms with Crippen LogP contribution in [0.5, 0.6) is 0 Å². The highest BCUT2D eigenvalue weighted by molar-refractivity contribution is 7.22. The van der Waals surface area contributed by atoms with E-state index in [1.54, 1.807) is 22.7 Å². The van der Waals surface area contributed by atoms with Crippen LogP contribution in [0.1, 0.15) is 0 Å². The van der Waals surface area contributed by atoms with Gasteiger partial charge in [-0.15, -0.1) is 22.7 Å². The van der Waals surface area contributed by atoms with E-state index in [0.29, 0.717) is 0 Å². The van der Waals surface area contributed by atoms with E-state index < -0.39 is 0 Å². The largest absolute Gasteiger partial charge is 0.236 e. The lowest BCUT2D eigenvalue weighted by Crippen LogP contribution is -1.84. The van der Waals surface area contributed by atoms with Gasteiger partial charge >= 0.3 is 0 Å². The molecule has 0 atom stereocenters. The molecular formula is C42H24N2S2. The van der Waals surface area contributed by atoms with Crippen LogP contribution in [0, 0.1) is 0 Å². The van der Waals surface area contributed by atoms with Crippen molar-refractivity contribution in [2.24, 2.45) is 0 Å². The van der Waals surface area contributed by atoms with Crippen molar-refractivity contribution in [2.75, 3.05) is 0 Å². The van der Waals surface area contributed by atoms with Crippen molar-refractivity contribution in [3.8, 4) is 32.3 Å². The summed E-state index contributed by atoms with van der Waals surface area (Å²) in [5, 5.41) is 12.2. The third-order valence-electron chi connectivity index (χ3n) is 9.10. The highest BCUT2D eigenvalue weighted by Crippen LogP contribution is 2.41. The Morgan fingerprint density at radius 3 is 1.46 bits per heavy atom. The van der Waals surface area contributed by atoms with Gasteiger partial charge in [-0.2, -0.15) is 0 Å². The van der Waals surface area contributed by atoms with Gasteiger partial charge in [-0.25, -0.2) is 9.97 Å². The van der Waals surface area contributed by atoms with Crippen LogP contribution in [0.2, 0.25) is 0 Å². The lowest BCUT2D eigenvalue weighted by atomic mass is 9.93. The van der Waals surface area contributed by atoms with E-state index in [2.05, 4.69) is 146 Å². The fourth-order valence-electron chi connectivity index (χ4n) is 6.91. The Hall–Kier alpha value is -5.42. The van der Waals surface area contributed by atoms with Gasteiger partial charge in [-0.3, -0.25) is 0 Å². The van der Waals surface area contributed by atoms with Gasteiger partial charge in [0.2, 0.25) is 0 Å². The molecular weight excluding hydrogens is 597 g/mol. The number of fused-ring (bicyclic) bond motifs is 8. The predicted octanol–water partition coefficient (Wildman–Crippen LogP) is 12.5. The predicted molar refractivity (Wildman–Crippen MR) is 199 cm³/mol. The van der Waals surface area contributed by atoms with E-state index in [0.717, 1.165) is 26.6 Å². The zero-order chi connectivity index (χ0) is 30.2. The lowest BCUT2D eigenvalue weighted by Gasteiger charge is -2.11. The van der Waals surface area contributed by atoms with Gasteiger partial charge in [0.15, 0.2) is 0 Å². The van der Waals surface area contributed by atoms with Gasteiger partial charge in [0, 0.05) is 11.1 Å². The van der Waals surface area contributed by atoms with Gasteiger partial charge in [-0.05, 0) is 96.7 Å². The van der Waals surface area contributed by atoms with E-state index in [1.165, 1.54) is 69.2 Å². The first-order valence-corrected chi connectivity index (χ1v) is 17.0. The molecule has 10 rings (SSSR count). The van der Waals surface area contributed by atoms with Crippen LogP contribution in [0.4, 0.5) is 0 Å². The molecule has 8 aromatic carbocycles. The van der Waals surface area contributed by atoms with E-state index in [9.17, 15) is 0 Å². The molecule has 0 fully saturated rings. The minimum absolute atomic E-state index is 1.02. The van der Waals surface area contributed by atoms with Crippen molar-refractivity contribution in [2.45, 2.75) is 0 Å². The minimum atomic E-state index is 1.02. The summed E-state index contributed by atoms with van der Waals surface area (Å²) >= 11 is 3.51. The molecule has 0 bridgehead atoms. The molecule has 4 heteroatoms. The standard InChI is InChI=1S/C42H24N2S2/c1-3-11-29-25(9-1)21-35(33-15-7-5-13-31(29)33)27-17-19-37-39(23-27)45-41(43-37)28-18-20-38-40(24-28)46-42(44-38)36-22-26-10-2-4-12-30(26)32-14-6-8-16-34(32)36/h1-24H. The van der Waals surface area contributed by atoms with Gasteiger partial charge < -0.3 is 0 Å². The third kappa shape index (κ3) is 4.01. The second kappa shape index (κ2) is 10.0. The number of hydrogen-bond acceptors (Lipinski definition) is 4. The van der Waals surface area contributed by atoms with E-state index in [-0.39, 0.29) is 0 Å². The molecule has 0 unspecified atom stereocenters. The molecule has 0 aliphatic carbocycles. The van der Waals surface area contributed by atoms with Crippen molar-refractivity contribution in [1.82, 2.24) is 9.97 Å². The first kappa shape index (κ1) is 25.9. The topological polar surface area (TPSA) is 25.8 Å². The maximum Gasteiger partial charge on any atom is 0.125 e. The number of rotatable bonds is 3. The van der Waals surface area contributed by atoms with Crippen molar-refractivity contribution in [3.63, 3.8) is 0 Å². The molecule has 0 aliphatic rings. The molecule has 0 radical (unpaired) electrons. The molecule has 0 amide bonds. The Balaban J connectivity index is 1.07. The Kier molecular flexibility index (Phi) is 5.65. The Labute approximate surface area is 272 Å². The summed E-state index contributed by atoms with van der Waals surface area (Å²) in [5.41, 5.74) is 6.84. The van der Waals surface area contributed by atoms with Crippen molar-refractivity contribution >= 4 is 86.2 Å². The van der Waals surface area contributed by atoms with Crippen LogP contribution < -0.4 is 0 Å². The summed E-state index contributed by atoms with van der Waals surface area (Å²) in [7, 11) is 0. The minimum Gasteiger partial charge on any atom is -0.236 e. The molecule has 0 aliphatic heterocycles. The normalized spacial score (nSPS) is 11.9. The molecule has 2 aromatic heterocycles. The fraction of sp³-hybridized carbons (Fsp3) is 0. The van der Waals surface area contributed by atoms with Gasteiger partial charge in [0.1, 0.15) is 10.0 Å². The Bertz CT molecular complexity index is 2710. The van der Waals surface area contributed by atoms with Crippen LogP contribution in [-0.2, 0) is 0 Å². The number of thiazole rings is 2. The molecule has 214 valence electrons. The zero-order valence-electron chi connectivity index (χ0n) is 24.6. The van der Waals surface area contributed by atoms with Crippen LogP contribution in [0.3, 0.4) is 0 Å². The zero-order valence-corrected chi connectivity index (χ0v) is 26.2. The number of hydrogen-bond donors (Lipinski definition) is 0. The van der Waals surface area contributed by atoms with E-state index in [4.69, 9.17) is 9.97 Å². The fourth-order valence-corrected chi connectivity index (χ4v) is 8.95. The Morgan fingerprint density at radius 1 is 0.348 bits per heavy atom. The maximum atomic E-state index is 5.11. The van der Waals surface area contributed by atoms with E-state index >= 15 is 0 Å². The number of nitrogens with zero attached hydrogens (tertiary/aromatic N) is 2. The SMILES string of the molecule is c1ccc2c(c1)cc(-c1ccc3nc(-c4ccc5nc(-c6cc7ccccc7c7ccccc67)sc5c4)sc3c1)c1ccccc12. The monoisotopic (exact) mass is 620 g/mol. The second-order valence-corrected chi connectivity index (χ2v) is 13.8. The smallest absolute Gasteiger partial charge is 0.125 e. The highest BCUT2D eigenvalue weighted by Gasteiger charge is 2.15. The third-order valence-corrected chi connectivity index (χ3v) is 11.2. The molecule has 2 heterocycles. The summed E-state index contributed by atoms with van der Waals surface area (Å²) < 4.78 is 2.37. The number of benzene rings is 8. The summed E-state index contributed by atoms with van der Waals surface area (Å²) in [6.45, 7) is 0. The maximum absolute atomic E-state index is 5.11. The summed E-state index contributed by atoms with van der Waals surface area (Å²) in [5.74, 6) is 0. The molecule has 0 saturated carbocycles. The van der Waals surface area contributed by atoms with Crippen molar-refractivity contribution < 1.29 is 0 Å². The van der Waals surface area contributed by atoms with Crippen molar-refractivity contribution in [1.29, 1.82) is 0 Å². The van der Waals surface area contributed by atoms with Crippen molar-refractivity contribution in [3.05, 3.63) is 146 Å². The van der Waals surface area contributed by atoms with Crippen LogP contribution >= 0.6 is 22.7 Å². The molecule has 0 saturated heterocycles. The second-order valence-electron chi connectivity index (χ2n) is 11.8. The molecule has 2 nitrogen and oxygen atoms in total. The molecule has 0 spiro atoms. The molecule has 46 heavy (non-hydrogen) atoms. The summed E-state index contributed by atoms with van der Waals surface area (Å²) in [4.78, 5) is 10.2. The van der Waals surface area contributed by atoms with E-state index in [1.807, 2.05) is 0 Å². The van der Waals surface area contributed by atoms with Gasteiger partial charge in [0.05, 0.1) is 20.4 Å². The summed E-state index contributed by atoms with van der Waals surface area (Å²) in [6, 6.07) is 52.6. The average Bonchev–Trinajstić information content (AvgIpc) is 3.75. The average molecular weight is 621 g/mol. The van der Waals surface area contributed by atoms with Gasteiger partial charge in [-0.1, -0.05) is 103 Å². The van der Waals surface area contributed by atoms with Crippen LogP contribution in [0.25, 0.3) is 95.8 Å². The first-order chi connectivity index (χ1) is 22.8. The quantitative estimate of drug-likeness (QED) is 0.184. The highest BCUT2D eigenvalue weighted by atomic mass is 32.1. The lowest BCUT2D eigenvalue weighted by molar-refractivity contribution is 1.47. The van der Waals surface area contributed by atoms with Crippen LogP contribution in [0.15, 0.2) is 146 Å². The molecule has 10 aromatic rings. The van der Waals surface area contributed by atoms with Crippen LogP contribution in [-0.4, -0.2) is 9.97 Å².